The van der Waals surface area contributed by atoms with Crippen LogP contribution in [0.5, 0.6) is 5.75 Å². The number of ether oxygens (including phenoxy) is 1. The number of halogens is 2. The van der Waals surface area contributed by atoms with Crippen molar-refractivity contribution in [3.63, 3.8) is 0 Å². The third-order valence-electron chi connectivity index (χ3n) is 3.97. The van der Waals surface area contributed by atoms with E-state index in [9.17, 15) is 8.78 Å². The van der Waals surface area contributed by atoms with Crippen LogP contribution in [0.4, 0.5) is 8.78 Å². The van der Waals surface area contributed by atoms with Crippen LogP contribution in [0, 0.1) is 5.41 Å². The molecule has 0 saturated heterocycles. The van der Waals surface area contributed by atoms with E-state index in [-0.39, 0.29) is 23.8 Å². The van der Waals surface area contributed by atoms with Crippen LogP contribution in [0.3, 0.4) is 0 Å². The van der Waals surface area contributed by atoms with Gasteiger partial charge < -0.3 is 15.2 Å². The Morgan fingerprint density at radius 2 is 2.15 bits per heavy atom. The number of aliphatic hydroxyl groups is 1. The minimum Gasteiger partial charge on any atom is -0.435 e. The van der Waals surface area contributed by atoms with Gasteiger partial charge in [-0.05, 0) is 49.3 Å². The second-order valence-corrected chi connectivity index (χ2v) is 5.53. The first-order valence-corrected chi connectivity index (χ1v) is 6.94. The van der Waals surface area contributed by atoms with E-state index in [1.54, 1.807) is 12.1 Å². The lowest BCUT2D eigenvalue weighted by Crippen LogP contribution is -2.27. The van der Waals surface area contributed by atoms with Crippen molar-refractivity contribution in [2.24, 2.45) is 5.41 Å². The van der Waals surface area contributed by atoms with E-state index in [2.05, 4.69) is 10.1 Å². The van der Waals surface area contributed by atoms with Gasteiger partial charge in [0.1, 0.15) is 5.75 Å². The SMILES string of the molecule is CC(NCC1(CCO)CC1)c1cccc(OC(F)F)c1. The summed E-state index contributed by atoms with van der Waals surface area (Å²) in [5.41, 5.74) is 1.16. The zero-order chi connectivity index (χ0) is 14.6. The molecular weight excluding hydrogens is 264 g/mol. The molecule has 3 nitrogen and oxygen atoms in total. The zero-order valence-corrected chi connectivity index (χ0v) is 11.6. The Morgan fingerprint density at radius 3 is 2.75 bits per heavy atom. The molecule has 1 aliphatic carbocycles. The number of aliphatic hydroxyl groups excluding tert-OH is 1. The fraction of sp³-hybridized carbons (Fsp3) is 0.600. The highest BCUT2D eigenvalue weighted by molar-refractivity contribution is 5.30. The van der Waals surface area contributed by atoms with Gasteiger partial charge in [0, 0.05) is 19.2 Å². The van der Waals surface area contributed by atoms with E-state index in [4.69, 9.17) is 5.11 Å². The minimum absolute atomic E-state index is 0.0624. The average Bonchev–Trinajstić information content (AvgIpc) is 3.16. The molecule has 1 aromatic rings. The van der Waals surface area contributed by atoms with Crippen molar-refractivity contribution in [3.05, 3.63) is 29.8 Å². The summed E-state index contributed by atoms with van der Waals surface area (Å²) in [4.78, 5) is 0. The molecule has 20 heavy (non-hydrogen) atoms. The molecule has 0 heterocycles. The monoisotopic (exact) mass is 285 g/mol. The van der Waals surface area contributed by atoms with Gasteiger partial charge in [-0.25, -0.2) is 0 Å². The van der Waals surface area contributed by atoms with Crippen LogP contribution in [0.1, 0.15) is 37.8 Å². The Hall–Kier alpha value is -1.20. The van der Waals surface area contributed by atoms with Gasteiger partial charge in [0.15, 0.2) is 0 Å². The maximum atomic E-state index is 12.2. The topological polar surface area (TPSA) is 41.5 Å². The zero-order valence-electron chi connectivity index (χ0n) is 11.6. The molecule has 0 spiro atoms. The number of hydrogen-bond donors (Lipinski definition) is 2. The third kappa shape index (κ3) is 4.15. The molecule has 1 atom stereocenters. The van der Waals surface area contributed by atoms with Crippen LogP contribution in [0.15, 0.2) is 24.3 Å². The van der Waals surface area contributed by atoms with Crippen LogP contribution in [-0.4, -0.2) is 24.9 Å². The van der Waals surface area contributed by atoms with Gasteiger partial charge in [-0.15, -0.1) is 0 Å². The summed E-state index contributed by atoms with van der Waals surface area (Å²) in [7, 11) is 0. The molecule has 1 aromatic carbocycles. The quantitative estimate of drug-likeness (QED) is 0.771. The van der Waals surface area contributed by atoms with Crippen LogP contribution in [-0.2, 0) is 0 Å². The number of alkyl halides is 2. The summed E-state index contributed by atoms with van der Waals surface area (Å²) in [6.45, 7) is 0.256. The lowest BCUT2D eigenvalue weighted by molar-refractivity contribution is -0.0499. The van der Waals surface area contributed by atoms with E-state index in [0.29, 0.717) is 0 Å². The highest BCUT2D eigenvalue weighted by Crippen LogP contribution is 2.48. The molecule has 1 aliphatic rings. The largest absolute Gasteiger partial charge is 0.435 e. The summed E-state index contributed by atoms with van der Waals surface area (Å²) in [5, 5.41) is 12.4. The lowest BCUT2D eigenvalue weighted by atomic mass is 10.0. The summed E-state index contributed by atoms with van der Waals surface area (Å²) < 4.78 is 28.8. The second kappa shape index (κ2) is 6.50. The van der Waals surface area contributed by atoms with Crippen LogP contribution >= 0.6 is 0 Å². The maximum Gasteiger partial charge on any atom is 0.387 e. The van der Waals surface area contributed by atoms with Crippen molar-refractivity contribution >= 4 is 0 Å². The summed E-state index contributed by atoms with van der Waals surface area (Å²) in [5.74, 6) is 0.183. The minimum atomic E-state index is -2.80. The predicted octanol–water partition coefficient (Wildman–Crippen LogP) is 3.10. The van der Waals surface area contributed by atoms with Gasteiger partial charge in [0.05, 0.1) is 0 Å². The van der Waals surface area contributed by atoms with Crippen LogP contribution in [0.2, 0.25) is 0 Å². The fourth-order valence-corrected chi connectivity index (χ4v) is 2.38. The summed E-state index contributed by atoms with van der Waals surface area (Å²) in [6.07, 6.45) is 3.10. The molecule has 0 bridgehead atoms. The Morgan fingerprint density at radius 1 is 1.40 bits per heavy atom. The van der Waals surface area contributed by atoms with Gasteiger partial charge in [-0.3, -0.25) is 0 Å². The van der Waals surface area contributed by atoms with Crippen molar-refractivity contribution in [1.82, 2.24) is 5.32 Å². The maximum absolute atomic E-state index is 12.2. The third-order valence-corrected chi connectivity index (χ3v) is 3.97. The molecule has 5 heteroatoms. The first-order valence-electron chi connectivity index (χ1n) is 6.94. The molecule has 0 amide bonds. The molecule has 1 fully saturated rings. The van der Waals surface area contributed by atoms with Gasteiger partial charge in [-0.1, -0.05) is 12.1 Å². The highest BCUT2D eigenvalue weighted by Gasteiger charge is 2.41. The molecular formula is C15H21F2NO2. The van der Waals surface area contributed by atoms with Gasteiger partial charge in [0.2, 0.25) is 0 Å². The van der Waals surface area contributed by atoms with E-state index in [1.807, 2.05) is 13.0 Å². The number of hydrogen-bond acceptors (Lipinski definition) is 3. The van der Waals surface area contributed by atoms with E-state index < -0.39 is 6.61 Å². The van der Waals surface area contributed by atoms with Crippen molar-refractivity contribution in [3.8, 4) is 5.75 Å². The number of nitrogens with one attached hydrogen (secondary N) is 1. The molecule has 0 aromatic heterocycles. The summed E-state index contributed by atoms with van der Waals surface area (Å²) >= 11 is 0. The number of benzene rings is 1. The van der Waals surface area contributed by atoms with Crippen molar-refractivity contribution < 1.29 is 18.6 Å². The smallest absolute Gasteiger partial charge is 0.387 e. The van der Waals surface area contributed by atoms with E-state index >= 15 is 0 Å². The fourth-order valence-electron chi connectivity index (χ4n) is 2.38. The lowest BCUT2D eigenvalue weighted by Gasteiger charge is -2.20. The van der Waals surface area contributed by atoms with Gasteiger partial charge in [-0.2, -0.15) is 8.78 Å². The van der Waals surface area contributed by atoms with Crippen LogP contribution < -0.4 is 10.1 Å². The summed E-state index contributed by atoms with van der Waals surface area (Å²) in [6, 6.07) is 6.83. The first kappa shape index (κ1) is 15.2. The second-order valence-electron chi connectivity index (χ2n) is 5.53. The number of rotatable bonds is 8. The van der Waals surface area contributed by atoms with Gasteiger partial charge >= 0.3 is 6.61 Å². The highest BCUT2D eigenvalue weighted by atomic mass is 19.3. The molecule has 0 aliphatic heterocycles. The van der Waals surface area contributed by atoms with E-state index in [1.165, 1.54) is 6.07 Å². The van der Waals surface area contributed by atoms with Gasteiger partial charge in [0.25, 0.3) is 0 Å². The molecule has 112 valence electrons. The molecule has 2 rings (SSSR count). The van der Waals surface area contributed by atoms with Crippen LogP contribution in [0.25, 0.3) is 0 Å². The average molecular weight is 285 g/mol. The standard InChI is InChI=1S/C15H21F2NO2/c1-11(18-10-15(5-6-15)7-8-19)12-3-2-4-13(9-12)20-14(16)17/h2-4,9,11,14,18-19H,5-8,10H2,1H3. The Balaban J connectivity index is 1.90. The van der Waals surface area contributed by atoms with Crippen molar-refractivity contribution in [2.45, 2.75) is 38.8 Å². The Kier molecular flexibility index (Phi) is 4.94. The van der Waals surface area contributed by atoms with E-state index in [0.717, 1.165) is 31.4 Å². The molecule has 1 unspecified atom stereocenters. The Bertz CT molecular complexity index is 436. The Labute approximate surface area is 117 Å². The van der Waals surface area contributed by atoms with Crippen molar-refractivity contribution in [2.75, 3.05) is 13.2 Å². The first-order chi connectivity index (χ1) is 9.54. The normalized spacial score (nSPS) is 18.1. The molecule has 1 saturated carbocycles. The molecule has 2 N–H and O–H groups in total. The molecule has 0 radical (unpaired) electrons. The van der Waals surface area contributed by atoms with Crippen molar-refractivity contribution in [1.29, 1.82) is 0 Å². The predicted molar refractivity (Wildman–Crippen MR) is 72.9 cm³/mol.